The van der Waals surface area contributed by atoms with Gasteiger partial charge in [-0.3, -0.25) is 0 Å². The van der Waals surface area contributed by atoms with Gasteiger partial charge < -0.3 is 5.11 Å². The zero-order valence-corrected chi connectivity index (χ0v) is 8.01. The molecule has 0 amide bonds. The smallest absolute Gasteiger partial charge is 0.0786 e. The molecule has 0 aromatic carbocycles. The van der Waals surface area contributed by atoms with Gasteiger partial charge in [0.1, 0.15) is 0 Å². The molecule has 0 spiro atoms. The standard InChI is InChI=1S/C11H18O/c1-11(2)7-9(11)10(12)8-5-3-4-6-8/h7-8,10,12H,3-6H2,1-2H3. The minimum atomic E-state index is -0.123. The Morgan fingerprint density at radius 1 is 1.42 bits per heavy atom. The molecule has 0 aromatic rings. The lowest BCUT2D eigenvalue weighted by Crippen LogP contribution is -2.19. The molecular weight excluding hydrogens is 148 g/mol. The van der Waals surface area contributed by atoms with Crippen LogP contribution in [0.4, 0.5) is 0 Å². The molecule has 1 N–H and O–H groups in total. The average molecular weight is 166 g/mol. The quantitative estimate of drug-likeness (QED) is 0.625. The van der Waals surface area contributed by atoms with E-state index in [-0.39, 0.29) is 11.5 Å². The van der Waals surface area contributed by atoms with Crippen molar-refractivity contribution in [3.05, 3.63) is 11.6 Å². The second-order valence-electron chi connectivity index (χ2n) is 4.81. The lowest BCUT2D eigenvalue weighted by atomic mass is 9.93. The number of hydrogen-bond acceptors (Lipinski definition) is 1. The summed E-state index contributed by atoms with van der Waals surface area (Å²) in [6, 6.07) is 0. The third kappa shape index (κ3) is 1.31. The molecule has 0 radical (unpaired) electrons. The summed E-state index contributed by atoms with van der Waals surface area (Å²) < 4.78 is 0. The Balaban J connectivity index is 1.93. The summed E-state index contributed by atoms with van der Waals surface area (Å²) in [6.07, 6.45) is 7.17. The van der Waals surface area contributed by atoms with Crippen molar-refractivity contribution in [2.45, 2.75) is 45.6 Å². The van der Waals surface area contributed by atoms with Gasteiger partial charge in [0.25, 0.3) is 0 Å². The molecule has 0 aromatic heterocycles. The van der Waals surface area contributed by atoms with Crippen LogP contribution in [0.15, 0.2) is 11.6 Å². The van der Waals surface area contributed by atoms with E-state index in [1.807, 2.05) is 0 Å². The van der Waals surface area contributed by atoms with Crippen LogP contribution in [0.1, 0.15) is 39.5 Å². The minimum Gasteiger partial charge on any atom is -0.388 e. The molecule has 1 atom stereocenters. The Labute approximate surface area is 74.5 Å². The molecule has 1 heteroatoms. The van der Waals surface area contributed by atoms with E-state index in [4.69, 9.17) is 0 Å². The zero-order valence-electron chi connectivity index (χ0n) is 8.01. The third-order valence-corrected chi connectivity index (χ3v) is 3.34. The SMILES string of the molecule is CC1(C)C=C1C(O)C1CCCC1. The summed E-state index contributed by atoms with van der Waals surface area (Å²) >= 11 is 0. The van der Waals surface area contributed by atoms with E-state index in [2.05, 4.69) is 19.9 Å². The predicted molar refractivity (Wildman–Crippen MR) is 49.8 cm³/mol. The Hall–Kier alpha value is -0.300. The summed E-state index contributed by atoms with van der Waals surface area (Å²) in [5.74, 6) is 0.568. The molecule has 0 heterocycles. The van der Waals surface area contributed by atoms with Gasteiger partial charge in [-0.2, -0.15) is 0 Å². The highest BCUT2D eigenvalue weighted by Crippen LogP contribution is 2.48. The number of rotatable bonds is 2. The van der Waals surface area contributed by atoms with Crippen LogP contribution in [0.25, 0.3) is 0 Å². The highest BCUT2D eigenvalue weighted by atomic mass is 16.3. The molecule has 12 heavy (non-hydrogen) atoms. The summed E-state index contributed by atoms with van der Waals surface area (Å²) in [7, 11) is 0. The zero-order chi connectivity index (χ0) is 8.77. The monoisotopic (exact) mass is 166 g/mol. The van der Waals surface area contributed by atoms with Gasteiger partial charge in [0.2, 0.25) is 0 Å². The van der Waals surface area contributed by atoms with Crippen molar-refractivity contribution in [2.24, 2.45) is 11.3 Å². The van der Waals surface area contributed by atoms with Crippen LogP contribution >= 0.6 is 0 Å². The molecule has 68 valence electrons. The first kappa shape index (κ1) is 8.31. The minimum absolute atomic E-state index is 0.123. The van der Waals surface area contributed by atoms with Gasteiger partial charge in [0.15, 0.2) is 0 Å². The first-order valence-electron chi connectivity index (χ1n) is 5.02. The van der Waals surface area contributed by atoms with E-state index >= 15 is 0 Å². The molecule has 2 rings (SSSR count). The highest BCUT2D eigenvalue weighted by molar-refractivity contribution is 5.39. The molecular formula is C11H18O. The van der Waals surface area contributed by atoms with E-state index in [1.165, 1.54) is 31.3 Å². The van der Waals surface area contributed by atoms with E-state index in [0.717, 1.165) is 0 Å². The maximum Gasteiger partial charge on any atom is 0.0786 e. The van der Waals surface area contributed by atoms with Gasteiger partial charge in [0.05, 0.1) is 6.10 Å². The summed E-state index contributed by atoms with van der Waals surface area (Å²) in [5, 5.41) is 9.96. The van der Waals surface area contributed by atoms with Gasteiger partial charge in [0, 0.05) is 5.41 Å². The fraction of sp³-hybridized carbons (Fsp3) is 0.818. The molecule has 1 unspecified atom stereocenters. The van der Waals surface area contributed by atoms with Crippen molar-refractivity contribution in [3.63, 3.8) is 0 Å². The topological polar surface area (TPSA) is 20.2 Å². The summed E-state index contributed by atoms with van der Waals surface area (Å²) in [6.45, 7) is 4.36. The maximum atomic E-state index is 9.96. The van der Waals surface area contributed by atoms with Crippen LogP contribution in [0, 0.1) is 11.3 Å². The Morgan fingerprint density at radius 2 is 1.92 bits per heavy atom. The molecule has 0 bridgehead atoms. The van der Waals surface area contributed by atoms with Gasteiger partial charge in [-0.25, -0.2) is 0 Å². The average Bonchev–Trinajstić information content (AvgIpc) is 2.56. The molecule has 2 aliphatic carbocycles. The van der Waals surface area contributed by atoms with E-state index < -0.39 is 0 Å². The van der Waals surface area contributed by atoms with Crippen molar-refractivity contribution in [2.75, 3.05) is 0 Å². The number of hydrogen-bond donors (Lipinski definition) is 1. The molecule has 0 saturated heterocycles. The van der Waals surface area contributed by atoms with E-state index in [9.17, 15) is 5.11 Å². The van der Waals surface area contributed by atoms with Gasteiger partial charge in [-0.05, 0) is 24.3 Å². The molecule has 2 aliphatic rings. The van der Waals surface area contributed by atoms with Gasteiger partial charge in [-0.1, -0.05) is 32.8 Å². The van der Waals surface area contributed by atoms with Crippen LogP contribution in [0.2, 0.25) is 0 Å². The number of aliphatic hydroxyl groups excluding tert-OH is 1. The largest absolute Gasteiger partial charge is 0.388 e. The number of aliphatic hydroxyl groups is 1. The highest BCUT2D eigenvalue weighted by Gasteiger charge is 2.41. The van der Waals surface area contributed by atoms with Crippen molar-refractivity contribution in [3.8, 4) is 0 Å². The van der Waals surface area contributed by atoms with E-state index in [1.54, 1.807) is 0 Å². The fourth-order valence-corrected chi connectivity index (χ4v) is 2.35. The second kappa shape index (κ2) is 2.59. The van der Waals surface area contributed by atoms with Crippen molar-refractivity contribution < 1.29 is 5.11 Å². The Bertz CT molecular complexity index is 209. The lowest BCUT2D eigenvalue weighted by molar-refractivity contribution is 0.141. The van der Waals surface area contributed by atoms with Gasteiger partial charge in [-0.15, -0.1) is 0 Å². The van der Waals surface area contributed by atoms with Crippen molar-refractivity contribution >= 4 is 0 Å². The molecule has 1 saturated carbocycles. The molecule has 1 nitrogen and oxygen atoms in total. The molecule has 1 fully saturated rings. The van der Waals surface area contributed by atoms with Crippen LogP contribution < -0.4 is 0 Å². The third-order valence-electron chi connectivity index (χ3n) is 3.34. The Morgan fingerprint density at radius 3 is 2.33 bits per heavy atom. The van der Waals surface area contributed by atoms with Crippen molar-refractivity contribution in [1.82, 2.24) is 0 Å². The maximum absolute atomic E-state index is 9.96. The predicted octanol–water partition coefficient (Wildman–Crippen LogP) is 2.50. The van der Waals surface area contributed by atoms with Crippen molar-refractivity contribution in [1.29, 1.82) is 0 Å². The van der Waals surface area contributed by atoms with Gasteiger partial charge >= 0.3 is 0 Å². The summed E-state index contributed by atoms with van der Waals surface area (Å²) in [5.41, 5.74) is 1.52. The fourth-order valence-electron chi connectivity index (χ4n) is 2.35. The van der Waals surface area contributed by atoms with E-state index in [0.29, 0.717) is 5.92 Å². The van der Waals surface area contributed by atoms with Crippen LogP contribution in [-0.2, 0) is 0 Å². The molecule has 0 aliphatic heterocycles. The van der Waals surface area contributed by atoms with Crippen LogP contribution in [-0.4, -0.2) is 11.2 Å². The lowest BCUT2D eigenvalue weighted by Gasteiger charge is -2.18. The van der Waals surface area contributed by atoms with Crippen LogP contribution in [0.3, 0.4) is 0 Å². The van der Waals surface area contributed by atoms with Crippen LogP contribution in [0.5, 0.6) is 0 Å². The first-order valence-corrected chi connectivity index (χ1v) is 5.02. The normalized spacial score (nSPS) is 30.1. The Kier molecular flexibility index (Phi) is 1.80. The summed E-state index contributed by atoms with van der Waals surface area (Å²) in [4.78, 5) is 0. The first-order chi connectivity index (χ1) is 5.61. The number of allylic oxidation sites excluding steroid dienone is 1. The second-order valence-corrected chi connectivity index (χ2v) is 4.81.